The summed E-state index contributed by atoms with van der Waals surface area (Å²) in [6.45, 7) is 4.12. The van der Waals surface area contributed by atoms with E-state index in [1.165, 1.54) is 12.1 Å². The van der Waals surface area contributed by atoms with Crippen LogP contribution in [0.25, 0.3) is 5.65 Å². The Bertz CT molecular complexity index is 879. The van der Waals surface area contributed by atoms with Gasteiger partial charge in [0.25, 0.3) is 0 Å². The summed E-state index contributed by atoms with van der Waals surface area (Å²) in [5, 5.41) is 17.5. The monoisotopic (exact) mass is 308 g/mol. The number of carboxylic acids is 1. The first-order valence-electron chi connectivity index (χ1n) is 7.28. The molecule has 0 saturated heterocycles. The molecule has 2 aromatic heterocycles. The van der Waals surface area contributed by atoms with Crippen LogP contribution in [0.15, 0.2) is 58.9 Å². The zero-order chi connectivity index (χ0) is 16.4. The molecular formula is C17H16N4O2. The normalized spacial score (nSPS) is 11.6. The van der Waals surface area contributed by atoms with Gasteiger partial charge in [0.1, 0.15) is 5.65 Å². The molecule has 0 aliphatic carbocycles. The Morgan fingerprint density at radius 1 is 1.13 bits per heavy atom. The molecule has 6 nitrogen and oxygen atoms in total. The number of imidazole rings is 1. The minimum Gasteiger partial charge on any atom is -0.478 e. The van der Waals surface area contributed by atoms with Crippen molar-refractivity contribution in [1.29, 1.82) is 0 Å². The van der Waals surface area contributed by atoms with Crippen molar-refractivity contribution in [2.24, 2.45) is 10.2 Å². The van der Waals surface area contributed by atoms with Crippen LogP contribution in [0.3, 0.4) is 0 Å². The van der Waals surface area contributed by atoms with Crippen molar-refractivity contribution in [2.75, 3.05) is 0 Å². The van der Waals surface area contributed by atoms with Crippen molar-refractivity contribution in [1.82, 2.24) is 9.38 Å². The Kier molecular flexibility index (Phi) is 3.89. The molecule has 0 aliphatic heterocycles. The highest BCUT2D eigenvalue weighted by Crippen LogP contribution is 2.29. The van der Waals surface area contributed by atoms with Gasteiger partial charge < -0.3 is 5.11 Å². The molecule has 0 spiro atoms. The zero-order valence-corrected chi connectivity index (χ0v) is 12.8. The van der Waals surface area contributed by atoms with Crippen LogP contribution in [-0.2, 0) is 0 Å². The lowest BCUT2D eigenvalue weighted by Crippen LogP contribution is -1.94. The highest BCUT2D eigenvalue weighted by molar-refractivity contribution is 5.87. The summed E-state index contributed by atoms with van der Waals surface area (Å²) in [5.41, 5.74) is 2.52. The number of carboxylic acid groups (broad SMARTS) is 1. The van der Waals surface area contributed by atoms with E-state index in [2.05, 4.69) is 29.1 Å². The highest BCUT2D eigenvalue weighted by atomic mass is 16.4. The maximum absolute atomic E-state index is 10.9. The summed E-state index contributed by atoms with van der Waals surface area (Å²) in [7, 11) is 0. The van der Waals surface area contributed by atoms with Crippen molar-refractivity contribution in [2.45, 2.75) is 19.8 Å². The van der Waals surface area contributed by atoms with Gasteiger partial charge in [-0.05, 0) is 42.3 Å². The average molecular weight is 308 g/mol. The zero-order valence-electron chi connectivity index (χ0n) is 12.8. The van der Waals surface area contributed by atoms with E-state index in [0.29, 0.717) is 11.5 Å². The minimum absolute atomic E-state index is 0.221. The van der Waals surface area contributed by atoms with E-state index in [4.69, 9.17) is 5.11 Å². The van der Waals surface area contributed by atoms with Gasteiger partial charge in [0.05, 0.1) is 16.9 Å². The summed E-state index contributed by atoms with van der Waals surface area (Å²) in [4.78, 5) is 15.5. The van der Waals surface area contributed by atoms with Gasteiger partial charge in [0.15, 0.2) is 5.82 Å². The molecule has 0 radical (unpaired) electrons. The third-order valence-electron chi connectivity index (χ3n) is 3.45. The third kappa shape index (κ3) is 2.96. The predicted octanol–water partition coefficient (Wildman–Crippen LogP) is 4.57. The Morgan fingerprint density at radius 2 is 1.87 bits per heavy atom. The number of rotatable bonds is 4. The first kappa shape index (κ1) is 14.9. The van der Waals surface area contributed by atoms with Crippen molar-refractivity contribution < 1.29 is 9.90 Å². The molecule has 0 atom stereocenters. The Balaban J connectivity index is 2.00. The van der Waals surface area contributed by atoms with Crippen LogP contribution in [0.5, 0.6) is 0 Å². The predicted molar refractivity (Wildman–Crippen MR) is 86.9 cm³/mol. The van der Waals surface area contributed by atoms with E-state index < -0.39 is 5.97 Å². The van der Waals surface area contributed by atoms with Crippen LogP contribution in [0.4, 0.5) is 11.5 Å². The summed E-state index contributed by atoms with van der Waals surface area (Å²) in [6, 6.07) is 12.0. The van der Waals surface area contributed by atoms with Crippen molar-refractivity contribution >= 4 is 23.1 Å². The van der Waals surface area contributed by atoms with Gasteiger partial charge in [-0.25, -0.2) is 9.78 Å². The number of benzene rings is 1. The maximum atomic E-state index is 10.9. The Labute approximate surface area is 133 Å². The van der Waals surface area contributed by atoms with Crippen LogP contribution in [0, 0.1) is 0 Å². The van der Waals surface area contributed by atoms with E-state index >= 15 is 0 Å². The molecule has 1 N–H and O–H groups in total. The first-order valence-corrected chi connectivity index (χ1v) is 7.28. The van der Waals surface area contributed by atoms with Crippen molar-refractivity contribution in [3.63, 3.8) is 0 Å². The number of aromatic nitrogens is 2. The second-order valence-electron chi connectivity index (χ2n) is 5.46. The smallest absolute Gasteiger partial charge is 0.335 e. The molecule has 3 rings (SSSR count). The van der Waals surface area contributed by atoms with Crippen molar-refractivity contribution in [3.05, 3.63) is 59.9 Å². The van der Waals surface area contributed by atoms with E-state index in [1.54, 1.807) is 12.1 Å². The van der Waals surface area contributed by atoms with Gasteiger partial charge in [-0.15, -0.1) is 10.2 Å². The second kappa shape index (κ2) is 6.00. The molecule has 0 amide bonds. The quantitative estimate of drug-likeness (QED) is 0.717. The SMILES string of the molecule is CC(C)c1nc2ccccn2c1N=Nc1ccc(C(=O)O)cc1. The second-order valence-corrected chi connectivity index (χ2v) is 5.46. The number of carbonyl (C=O) groups is 1. The minimum atomic E-state index is -0.961. The Morgan fingerprint density at radius 3 is 2.52 bits per heavy atom. The molecule has 2 heterocycles. The fourth-order valence-electron chi connectivity index (χ4n) is 2.26. The molecule has 1 aromatic carbocycles. The molecule has 0 bridgehead atoms. The van der Waals surface area contributed by atoms with Crippen molar-refractivity contribution in [3.8, 4) is 0 Å². The molecule has 0 aliphatic rings. The lowest BCUT2D eigenvalue weighted by atomic mass is 10.1. The van der Waals surface area contributed by atoms with Gasteiger partial charge in [-0.2, -0.15) is 0 Å². The third-order valence-corrected chi connectivity index (χ3v) is 3.45. The highest BCUT2D eigenvalue weighted by Gasteiger charge is 2.14. The summed E-state index contributed by atoms with van der Waals surface area (Å²) in [5.74, 6) is -0.0477. The summed E-state index contributed by atoms with van der Waals surface area (Å²) < 4.78 is 1.89. The number of aromatic carboxylic acids is 1. The number of azo groups is 1. The van der Waals surface area contributed by atoms with Crippen LogP contribution >= 0.6 is 0 Å². The topological polar surface area (TPSA) is 79.3 Å². The first-order chi connectivity index (χ1) is 11.1. The largest absolute Gasteiger partial charge is 0.478 e. The van der Waals surface area contributed by atoms with Gasteiger partial charge in [-0.3, -0.25) is 4.40 Å². The van der Waals surface area contributed by atoms with Gasteiger partial charge in [0.2, 0.25) is 0 Å². The number of nitrogens with zero attached hydrogens (tertiary/aromatic N) is 4. The number of pyridine rings is 1. The molecule has 23 heavy (non-hydrogen) atoms. The van der Waals surface area contributed by atoms with Crippen LogP contribution in [0.2, 0.25) is 0 Å². The summed E-state index contributed by atoms with van der Waals surface area (Å²) >= 11 is 0. The lowest BCUT2D eigenvalue weighted by Gasteiger charge is -2.01. The number of hydrogen-bond acceptors (Lipinski definition) is 4. The van der Waals surface area contributed by atoms with E-state index in [9.17, 15) is 4.79 Å². The van der Waals surface area contributed by atoms with E-state index in [-0.39, 0.29) is 11.5 Å². The molecule has 6 heteroatoms. The standard InChI is InChI=1S/C17H16N4O2/c1-11(2)15-16(21-10-4-3-5-14(21)18-15)20-19-13-8-6-12(7-9-13)17(22)23/h3-11H,1-2H3,(H,22,23). The molecule has 116 valence electrons. The van der Waals surface area contributed by atoms with E-state index in [0.717, 1.165) is 11.3 Å². The maximum Gasteiger partial charge on any atom is 0.335 e. The lowest BCUT2D eigenvalue weighted by molar-refractivity contribution is 0.0697. The van der Waals surface area contributed by atoms with Crippen LogP contribution in [0.1, 0.15) is 35.8 Å². The molecular weight excluding hydrogens is 292 g/mol. The average Bonchev–Trinajstić information content (AvgIpc) is 2.92. The molecule has 3 aromatic rings. The van der Waals surface area contributed by atoms with Gasteiger partial charge in [0, 0.05) is 6.20 Å². The fraction of sp³-hybridized carbons (Fsp3) is 0.176. The van der Waals surface area contributed by atoms with E-state index in [1.807, 2.05) is 28.8 Å². The molecule has 0 unspecified atom stereocenters. The van der Waals surface area contributed by atoms with Gasteiger partial charge in [-0.1, -0.05) is 19.9 Å². The summed E-state index contributed by atoms with van der Waals surface area (Å²) in [6.07, 6.45) is 1.90. The Hall–Kier alpha value is -3.02. The molecule has 0 saturated carbocycles. The van der Waals surface area contributed by atoms with Crippen LogP contribution < -0.4 is 0 Å². The number of hydrogen-bond donors (Lipinski definition) is 1. The number of fused-ring (bicyclic) bond motifs is 1. The molecule has 0 fully saturated rings. The van der Waals surface area contributed by atoms with Gasteiger partial charge >= 0.3 is 5.97 Å². The van der Waals surface area contributed by atoms with Crippen LogP contribution in [-0.4, -0.2) is 20.5 Å². The fourth-order valence-corrected chi connectivity index (χ4v) is 2.26.